The average Bonchev–Trinajstić information content (AvgIpc) is 2.65. The van der Waals surface area contributed by atoms with E-state index in [1.165, 1.54) is 19.1 Å². The van der Waals surface area contributed by atoms with Gasteiger partial charge in [0.25, 0.3) is 5.91 Å². The standard InChI is InChI=1S/C19H15FN4O3/c1-12(25)23-17-11-13(3-8-16(17)20)18(26)24-14-4-6-15(7-5-14)27-19-21-9-2-10-22-19/h2-11H,1H3,(H,23,25)(H,24,26). The number of rotatable bonds is 5. The van der Waals surface area contributed by atoms with Gasteiger partial charge >= 0.3 is 6.01 Å². The quantitative estimate of drug-likeness (QED) is 0.719. The van der Waals surface area contributed by atoms with E-state index in [1.807, 2.05) is 0 Å². The van der Waals surface area contributed by atoms with Crippen LogP contribution in [0, 0.1) is 5.82 Å². The van der Waals surface area contributed by atoms with Crippen molar-refractivity contribution in [3.63, 3.8) is 0 Å². The summed E-state index contributed by atoms with van der Waals surface area (Å²) in [7, 11) is 0. The number of nitrogens with zero attached hydrogens (tertiary/aromatic N) is 2. The molecule has 0 aliphatic carbocycles. The number of amides is 2. The van der Waals surface area contributed by atoms with E-state index >= 15 is 0 Å². The summed E-state index contributed by atoms with van der Waals surface area (Å²) in [6.45, 7) is 1.26. The molecule has 2 N–H and O–H groups in total. The normalized spacial score (nSPS) is 10.1. The van der Waals surface area contributed by atoms with E-state index in [-0.39, 0.29) is 17.3 Å². The average molecular weight is 366 g/mol. The minimum atomic E-state index is -0.619. The number of benzene rings is 2. The third kappa shape index (κ3) is 4.85. The summed E-state index contributed by atoms with van der Waals surface area (Å²) in [6, 6.07) is 12.2. The molecule has 27 heavy (non-hydrogen) atoms. The Morgan fingerprint density at radius 3 is 2.37 bits per heavy atom. The Morgan fingerprint density at radius 2 is 1.70 bits per heavy atom. The van der Waals surface area contributed by atoms with E-state index in [2.05, 4.69) is 20.6 Å². The van der Waals surface area contributed by atoms with Crippen molar-refractivity contribution in [2.24, 2.45) is 0 Å². The third-order valence-electron chi connectivity index (χ3n) is 3.40. The lowest BCUT2D eigenvalue weighted by molar-refractivity contribution is -0.114. The van der Waals surface area contributed by atoms with Crippen LogP contribution >= 0.6 is 0 Å². The summed E-state index contributed by atoms with van der Waals surface area (Å²) in [4.78, 5) is 31.4. The van der Waals surface area contributed by atoms with Gasteiger partial charge in [0, 0.05) is 30.6 Å². The van der Waals surface area contributed by atoms with Crippen molar-refractivity contribution in [2.45, 2.75) is 6.92 Å². The number of carbonyl (C=O) groups excluding carboxylic acids is 2. The first kappa shape index (κ1) is 18.0. The molecule has 7 nitrogen and oxygen atoms in total. The van der Waals surface area contributed by atoms with E-state index in [1.54, 1.807) is 42.7 Å². The fraction of sp³-hybridized carbons (Fsp3) is 0.0526. The van der Waals surface area contributed by atoms with Gasteiger partial charge < -0.3 is 15.4 Å². The fourth-order valence-electron chi connectivity index (χ4n) is 2.21. The highest BCUT2D eigenvalue weighted by Gasteiger charge is 2.11. The van der Waals surface area contributed by atoms with Crippen LogP contribution in [0.15, 0.2) is 60.9 Å². The minimum absolute atomic E-state index is 0.0539. The molecule has 136 valence electrons. The number of ether oxygens (including phenoxy) is 1. The molecular weight excluding hydrogens is 351 g/mol. The van der Waals surface area contributed by atoms with Gasteiger partial charge in [-0.25, -0.2) is 14.4 Å². The Labute approximate surface area is 154 Å². The van der Waals surface area contributed by atoms with Crippen molar-refractivity contribution in [2.75, 3.05) is 10.6 Å². The summed E-state index contributed by atoms with van der Waals surface area (Å²) in [5.74, 6) is -0.980. The molecule has 0 atom stereocenters. The molecule has 0 saturated carbocycles. The van der Waals surface area contributed by atoms with Crippen LogP contribution in [-0.2, 0) is 4.79 Å². The summed E-state index contributed by atoms with van der Waals surface area (Å²) >= 11 is 0. The van der Waals surface area contributed by atoms with E-state index in [4.69, 9.17) is 4.74 Å². The predicted octanol–water partition coefficient (Wildman–Crippen LogP) is 3.62. The number of hydrogen-bond donors (Lipinski definition) is 2. The number of hydrogen-bond acceptors (Lipinski definition) is 5. The van der Waals surface area contributed by atoms with Gasteiger partial charge in [0.1, 0.15) is 11.6 Å². The molecule has 0 saturated heterocycles. The topological polar surface area (TPSA) is 93.2 Å². The number of aromatic nitrogens is 2. The molecule has 0 spiro atoms. The maximum absolute atomic E-state index is 13.7. The van der Waals surface area contributed by atoms with E-state index < -0.39 is 17.6 Å². The minimum Gasteiger partial charge on any atom is -0.424 e. The van der Waals surface area contributed by atoms with Gasteiger partial charge in [-0.3, -0.25) is 9.59 Å². The van der Waals surface area contributed by atoms with Crippen molar-refractivity contribution in [1.82, 2.24) is 9.97 Å². The molecule has 2 amide bonds. The van der Waals surface area contributed by atoms with Crippen LogP contribution in [0.1, 0.15) is 17.3 Å². The zero-order valence-electron chi connectivity index (χ0n) is 14.3. The SMILES string of the molecule is CC(=O)Nc1cc(C(=O)Nc2ccc(Oc3ncccn3)cc2)ccc1F. The second kappa shape index (κ2) is 8.05. The monoisotopic (exact) mass is 366 g/mol. The molecule has 0 bridgehead atoms. The number of carbonyl (C=O) groups is 2. The highest BCUT2D eigenvalue weighted by molar-refractivity contribution is 6.05. The largest absolute Gasteiger partial charge is 0.424 e. The Bertz CT molecular complexity index is 962. The Balaban J connectivity index is 1.68. The molecule has 0 aliphatic heterocycles. The molecule has 2 aromatic carbocycles. The molecule has 0 radical (unpaired) electrons. The highest BCUT2D eigenvalue weighted by atomic mass is 19.1. The maximum Gasteiger partial charge on any atom is 0.321 e. The summed E-state index contributed by atoms with van der Waals surface area (Å²) in [5, 5.41) is 5.03. The van der Waals surface area contributed by atoms with Gasteiger partial charge in [-0.2, -0.15) is 0 Å². The van der Waals surface area contributed by atoms with Crippen LogP contribution in [0.4, 0.5) is 15.8 Å². The van der Waals surface area contributed by atoms with E-state index in [0.717, 1.165) is 6.07 Å². The number of halogens is 1. The second-order valence-corrected chi connectivity index (χ2v) is 5.49. The van der Waals surface area contributed by atoms with Crippen molar-refractivity contribution in [3.05, 3.63) is 72.3 Å². The summed E-state index contributed by atoms with van der Waals surface area (Å²) in [6.07, 6.45) is 3.13. The molecule has 0 aliphatic rings. The molecule has 1 aromatic heterocycles. The van der Waals surface area contributed by atoms with Gasteiger partial charge in [0.2, 0.25) is 5.91 Å². The van der Waals surface area contributed by atoms with Gasteiger partial charge in [0.05, 0.1) is 5.69 Å². The Kier molecular flexibility index (Phi) is 5.36. The maximum atomic E-state index is 13.7. The van der Waals surface area contributed by atoms with E-state index in [0.29, 0.717) is 11.4 Å². The molecular formula is C19H15FN4O3. The molecule has 8 heteroatoms. The lowest BCUT2D eigenvalue weighted by Gasteiger charge is -2.09. The first-order chi connectivity index (χ1) is 13.0. The van der Waals surface area contributed by atoms with Crippen molar-refractivity contribution >= 4 is 23.2 Å². The molecule has 3 rings (SSSR count). The zero-order valence-corrected chi connectivity index (χ0v) is 14.3. The van der Waals surface area contributed by atoms with Crippen LogP contribution in [0.2, 0.25) is 0 Å². The predicted molar refractivity (Wildman–Crippen MR) is 97.2 cm³/mol. The second-order valence-electron chi connectivity index (χ2n) is 5.49. The highest BCUT2D eigenvalue weighted by Crippen LogP contribution is 2.21. The van der Waals surface area contributed by atoms with Crippen LogP contribution < -0.4 is 15.4 Å². The fourth-order valence-corrected chi connectivity index (χ4v) is 2.21. The van der Waals surface area contributed by atoms with Crippen LogP contribution in [-0.4, -0.2) is 21.8 Å². The van der Waals surface area contributed by atoms with Gasteiger partial charge in [0.15, 0.2) is 0 Å². The van der Waals surface area contributed by atoms with Crippen LogP contribution in [0.3, 0.4) is 0 Å². The van der Waals surface area contributed by atoms with Gasteiger partial charge in [-0.1, -0.05) is 0 Å². The van der Waals surface area contributed by atoms with Crippen molar-refractivity contribution < 1.29 is 18.7 Å². The third-order valence-corrected chi connectivity index (χ3v) is 3.40. The van der Waals surface area contributed by atoms with Crippen LogP contribution in [0.5, 0.6) is 11.8 Å². The number of anilines is 2. The van der Waals surface area contributed by atoms with Gasteiger partial charge in [-0.05, 0) is 48.5 Å². The lowest BCUT2D eigenvalue weighted by atomic mass is 10.1. The first-order valence-electron chi connectivity index (χ1n) is 7.95. The summed E-state index contributed by atoms with van der Waals surface area (Å²) < 4.78 is 19.1. The zero-order chi connectivity index (χ0) is 19.2. The Morgan fingerprint density at radius 1 is 1.00 bits per heavy atom. The lowest BCUT2D eigenvalue weighted by Crippen LogP contribution is -2.14. The van der Waals surface area contributed by atoms with Crippen molar-refractivity contribution in [3.8, 4) is 11.8 Å². The Hall–Kier alpha value is -3.81. The smallest absolute Gasteiger partial charge is 0.321 e. The first-order valence-corrected chi connectivity index (χ1v) is 7.95. The molecule has 0 unspecified atom stereocenters. The van der Waals surface area contributed by atoms with E-state index in [9.17, 15) is 14.0 Å². The number of nitrogens with one attached hydrogen (secondary N) is 2. The molecule has 3 aromatic rings. The van der Waals surface area contributed by atoms with Crippen LogP contribution in [0.25, 0.3) is 0 Å². The molecule has 0 fully saturated rings. The summed E-state index contributed by atoms with van der Waals surface area (Å²) in [5.41, 5.74) is 0.673. The van der Waals surface area contributed by atoms with Crippen molar-refractivity contribution in [1.29, 1.82) is 0 Å². The molecule has 1 heterocycles. The van der Waals surface area contributed by atoms with Gasteiger partial charge in [-0.15, -0.1) is 0 Å².